The van der Waals surface area contributed by atoms with Crippen LogP contribution in [0.3, 0.4) is 0 Å². The Labute approximate surface area is 216 Å². The fourth-order valence-electron chi connectivity index (χ4n) is 3.24. The van der Waals surface area contributed by atoms with E-state index >= 15 is 0 Å². The number of ether oxygens (including phenoxy) is 3. The molecule has 2 amide bonds. The molecule has 0 atom stereocenters. The van der Waals surface area contributed by atoms with Gasteiger partial charge in [-0.1, -0.05) is 42.5 Å². The molecule has 0 aliphatic heterocycles. The number of benzene rings is 3. The molecule has 8 nitrogen and oxygen atoms in total. The lowest BCUT2D eigenvalue weighted by molar-refractivity contribution is 0.0947. The molecule has 0 unspecified atom stereocenters. The Morgan fingerprint density at radius 2 is 1.44 bits per heavy atom. The molecule has 9 heteroatoms. The van der Waals surface area contributed by atoms with Gasteiger partial charge in [-0.3, -0.25) is 14.9 Å². The Hall–Kier alpha value is -3.95. The van der Waals surface area contributed by atoms with Crippen LogP contribution < -0.4 is 25.4 Å². The highest BCUT2D eigenvalue weighted by Gasteiger charge is 2.16. The van der Waals surface area contributed by atoms with Crippen molar-refractivity contribution in [3.05, 3.63) is 90.0 Å². The monoisotopic (exact) mass is 507 g/mol. The third-order valence-electron chi connectivity index (χ3n) is 4.94. The van der Waals surface area contributed by atoms with Gasteiger partial charge in [0, 0.05) is 20.3 Å². The van der Waals surface area contributed by atoms with Gasteiger partial charge in [-0.2, -0.15) is 0 Å². The predicted octanol–water partition coefficient (Wildman–Crippen LogP) is 4.04. The number of rotatable bonds is 12. The first-order valence-corrected chi connectivity index (χ1v) is 11.9. The zero-order chi connectivity index (χ0) is 25.6. The highest BCUT2D eigenvalue weighted by Crippen LogP contribution is 2.19. The second kappa shape index (κ2) is 14.4. The number of methoxy groups -OCH3 is 1. The maximum atomic E-state index is 12.9. The van der Waals surface area contributed by atoms with Crippen molar-refractivity contribution in [2.24, 2.45) is 0 Å². The number of thiocarbonyl (C=S) groups is 1. The maximum Gasteiger partial charge on any atom is 0.261 e. The molecule has 36 heavy (non-hydrogen) atoms. The van der Waals surface area contributed by atoms with Crippen molar-refractivity contribution in [2.45, 2.75) is 6.42 Å². The molecule has 0 fully saturated rings. The summed E-state index contributed by atoms with van der Waals surface area (Å²) >= 11 is 5.33. The lowest BCUT2D eigenvalue weighted by atomic mass is 10.1. The van der Waals surface area contributed by atoms with Crippen LogP contribution in [0.2, 0.25) is 0 Å². The summed E-state index contributed by atoms with van der Waals surface area (Å²) < 4.78 is 16.4. The second-order valence-electron chi connectivity index (χ2n) is 7.56. The largest absolute Gasteiger partial charge is 0.490 e. The van der Waals surface area contributed by atoms with E-state index in [0.29, 0.717) is 48.7 Å². The van der Waals surface area contributed by atoms with E-state index in [1.54, 1.807) is 55.6 Å². The molecule has 3 aromatic rings. The molecule has 0 aliphatic carbocycles. The molecule has 3 rings (SSSR count). The van der Waals surface area contributed by atoms with Crippen molar-refractivity contribution in [3.63, 3.8) is 0 Å². The number of amides is 2. The van der Waals surface area contributed by atoms with E-state index < -0.39 is 5.91 Å². The zero-order valence-electron chi connectivity index (χ0n) is 20.0. The normalized spacial score (nSPS) is 10.2. The smallest absolute Gasteiger partial charge is 0.261 e. The van der Waals surface area contributed by atoms with E-state index in [0.717, 1.165) is 5.75 Å². The molecule has 0 aromatic heterocycles. The number of hydrogen-bond acceptors (Lipinski definition) is 6. The number of para-hydroxylation sites is 3. The van der Waals surface area contributed by atoms with Gasteiger partial charge in [0.2, 0.25) is 0 Å². The van der Waals surface area contributed by atoms with Crippen molar-refractivity contribution >= 4 is 34.8 Å². The summed E-state index contributed by atoms with van der Waals surface area (Å²) in [5.74, 6) is 0.464. The standard InChI is InChI=1S/C27H29N3O5S/c1-33-17-9-16-28-25(31)21-12-5-7-14-23(21)29-27(36)30-26(32)22-13-6-8-15-24(22)35-19-18-34-20-10-3-2-4-11-20/h2-8,10-15H,9,16-19H2,1H3,(H,28,31)(H2,29,30,32,36). The minimum absolute atomic E-state index is 0.0573. The van der Waals surface area contributed by atoms with Crippen LogP contribution >= 0.6 is 12.2 Å². The van der Waals surface area contributed by atoms with Gasteiger partial charge >= 0.3 is 0 Å². The summed E-state index contributed by atoms with van der Waals surface area (Å²) in [4.78, 5) is 25.5. The molecule has 0 aliphatic rings. The summed E-state index contributed by atoms with van der Waals surface area (Å²) in [6.07, 6.45) is 0.701. The predicted molar refractivity (Wildman–Crippen MR) is 143 cm³/mol. The van der Waals surface area contributed by atoms with Gasteiger partial charge in [0.05, 0.1) is 16.8 Å². The topological polar surface area (TPSA) is 97.9 Å². The average Bonchev–Trinajstić information content (AvgIpc) is 2.90. The first-order valence-electron chi connectivity index (χ1n) is 11.5. The van der Waals surface area contributed by atoms with Gasteiger partial charge in [-0.25, -0.2) is 0 Å². The molecule has 3 N–H and O–H groups in total. The molecule has 0 heterocycles. The lowest BCUT2D eigenvalue weighted by Crippen LogP contribution is -2.35. The van der Waals surface area contributed by atoms with E-state index in [1.807, 2.05) is 30.3 Å². The van der Waals surface area contributed by atoms with E-state index in [-0.39, 0.29) is 17.6 Å². The Bertz CT molecular complexity index is 1160. The Morgan fingerprint density at radius 3 is 2.22 bits per heavy atom. The van der Waals surface area contributed by atoms with Crippen LogP contribution in [0.5, 0.6) is 11.5 Å². The average molecular weight is 508 g/mol. The third kappa shape index (κ3) is 8.37. The van der Waals surface area contributed by atoms with Gasteiger partial charge in [-0.05, 0) is 55.0 Å². The molecule has 0 spiro atoms. The summed E-state index contributed by atoms with van der Waals surface area (Å²) in [5, 5.41) is 8.48. The number of nitrogens with one attached hydrogen (secondary N) is 3. The molecular formula is C27H29N3O5S. The van der Waals surface area contributed by atoms with E-state index in [1.165, 1.54) is 0 Å². The first kappa shape index (κ1) is 26.7. The van der Waals surface area contributed by atoms with E-state index in [2.05, 4.69) is 16.0 Å². The van der Waals surface area contributed by atoms with Crippen LogP contribution in [0.25, 0.3) is 0 Å². The van der Waals surface area contributed by atoms with Crippen molar-refractivity contribution in [1.29, 1.82) is 0 Å². The number of carbonyl (C=O) groups excluding carboxylic acids is 2. The van der Waals surface area contributed by atoms with Crippen molar-refractivity contribution in [1.82, 2.24) is 10.6 Å². The summed E-state index contributed by atoms with van der Waals surface area (Å²) in [5.41, 5.74) is 1.22. The van der Waals surface area contributed by atoms with Gasteiger partial charge in [0.25, 0.3) is 11.8 Å². The fourth-order valence-corrected chi connectivity index (χ4v) is 3.44. The zero-order valence-corrected chi connectivity index (χ0v) is 20.8. The Balaban J connectivity index is 1.55. The van der Waals surface area contributed by atoms with Gasteiger partial charge in [-0.15, -0.1) is 0 Å². The summed E-state index contributed by atoms with van der Waals surface area (Å²) in [7, 11) is 1.61. The molecular weight excluding hydrogens is 478 g/mol. The minimum atomic E-state index is -0.437. The van der Waals surface area contributed by atoms with Crippen LogP contribution in [0.4, 0.5) is 5.69 Å². The van der Waals surface area contributed by atoms with Crippen molar-refractivity contribution in [2.75, 3.05) is 38.8 Å². The van der Waals surface area contributed by atoms with E-state index in [9.17, 15) is 9.59 Å². The maximum absolute atomic E-state index is 12.9. The van der Waals surface area contributed by atoms with Crippen LogP contribution in [0, 0.1) is 0 Å². The fraction of sp³-hybridized carbons (Fsp3) is 0.222. The van der Waals surface area contributed by atoms with Gasteiger partial charge < -0.3 is 24.8 Å². The minimum Gasteiger partial charge on any atom is -0.490 e. The Kier molecular flexibility index (Phi) is 10.7. The quantitative estimate of drug-likeness (QED) is 0.251. The molecule has 0 saturated heterocycles. The van der Waals surface area contributed by atoms with E-state index in [4.69, 9.17) is 26.4 Å². The number of hydrogen-bond donors (Lipinski definition) is 3. The highest BCUT2D eigenvalue weighted by molar-refractivity contribution is 7.80. The number of anilines is 1. The summed E-state index contributed by atoms with van der Waals surface area (Å²) in [6.45, 7) is 1.62. The SMILES string of the molecule is COCCCNC(=O)c1ccccc1NC(=S)NC(=O)c1ccccc1OCCOc1ccccc1. The molecule has 3 aromatic carbocycles. The van der Waals surface area contributed by atoms with Crippen LogP contribution in [0.15, 0.2) is 78.9 Å². The van der Waals surface area contributed by atoms with Gasteiger partial charge in [0.1, 0.15) is 24.7 Å². The lowest BCUT2D eigenvalue weighted by Gasteiger charge is -2.15. The van der Waals surface area contributed by atoms with Gasteiger partial charge in [0.15, 0.2) is 5.11 Å². The van der Waals surface area contributed by atoms with Crippen LogP contribution in [-0.4, -0.2) is 50.4 Å². The molecule has 0 bridgehead atoms. The molecule has 0 radical (unpaired) electrons. The van der Waals surface area contributed by atoms with Crippen LogP contribution in [-0.2, 0) is 4.74 Å². The first-order chi connectivity index (χ1) is 17.6. The van der Waals surface area contributed by atoms with Crippen LogP contribution in [0.1, 0.15) is 27.1 Å². The summed E-state index contributed by atoms with van der Waals surface area (Å²) in [6, 6.07) is 23.2. The second-order valence-corrected chi connectivity index (χ2v) is 7.97. The Morgan fingerprint density at radius 1 is 0.778 bits per heavy atom. The van der Waals surface area contributed by atoms with Crippen molar-refractivity contribution < 1.29 is 23.8 Å². The number of carbonyl (C=O) groups is 2. The highest BCUT2D eigenvalue weighted by atomic mass is 32.1. The van der Waals surface area contributed by atoms with Crippen molar-refractivity contribution in [3.8, 4) is 11.5 Å². The third-order valence-corrected chi connectivity index (χ3v) is 5.15. The molecule has 188 valence electrons. The molecule has 0 saturated carbocycles.